The lowest BCUT2D eigenvalue weighted by atomic mass is 10.2. The molecule has 54 valence electrons. The van der Waals surface area contributed by atoms with Gasteiger partial charge in [-0.1, -0.05) is 6.08 Å². The number of allylic oxidation sites excluding steroid dienone is 2. The van der Waals surface area contributed by atoms with Gasteiger partial charge in [0.1, 0.15) is 6.33 Å². The summed E-state index contributed by atoms with van der Waals surface area (Å²) in [4.78, 5) is 12.1. The minimum absolute atomic E-state index is 0.782. The van der Waals surface area contributed by atoms with Crippen LogP contribution in [0, 0.1) is 0 Å². The fourth-order valence-electron chi connectivity index (χ4n) is 0.982. The van der Waals surface area contributed by atoms with Crippen LogP contribution in [0.15, 0.2) is 29.7 Å². The first-order valence-electron chi connectivity index (χ1n) is 3.45. The van der Waals surface area contributed by atoms with Gasteiger partial charge < -0.3 is 0 Å². The summed E-state index contributed by atoms with van der Waals surface area (Å²) in [7, 11) is 0. The monoisotopic (exact) mass is 145 g/mol. The number of aliphatic imine (C=N–C) groups is 1. The number of fused-ring (bicyclic) bond motifs is 1. The van der Waals surface area contributed by atoms with Crippen molar-refractivity contribution >= 4 is 12.0 Å². The van der Waals surface area contributed by atoms with E-state index in [2.05, 4.69) is 15.0 Å². The zero-order valence-electron chi connectivity index (χ0n) is 5.94. The number of hydrogen-bond acceptors (Lipinski definition) is 3. The van der Waals surface area contributed by atoms with Crippen molar-refractivity contribution in [3.63, 3.8) is 0 Å². The molecular formula is C8H7N3. The third-order valence-electron chi connectivity index (χ3n) is 1.52. The molecule has 1 aliphatic heterocycles. The third kappa shape index (κ3) is 1.17. The predicted octanol–water partition coefficient (Wildman–Crippen LogP) is 1.29. The molecule has 0 aromatic carbocycles. The summed E-state index contributed by atoms with van der Waals surface area (Å²) in [6, 6.07) is 0. The molecule has 0 spiro atoms. The lowest BCUT2D eigenvalue weighted by Crippen LogP contribution is -1.85. The van der Waals surface area contributed by atoms with Crippen molar-refractivity contribution in [2.45, 2.75) is 6.42 Å². The van der Waals surface area contributed by atoms with Crippen molar-refractivity contribution < 1.29 is 0 Å². The smallest absolute Gasteiger partial charge is 0.158 e. The van der Waals surface area contributed by atoms with Crippen molar-refractivity contribution in [3.05, 3.63) is 30.2 Å². The molecule has 0 amide bonds. The van der Waals surface area contributed by atoms with Gasteiger partial charge in [0.15, 0.2) is 5.82 Å². The largest absolute Gasteiger partial charge is 0.244 e. The van der Waals surface area contributed by atoms with Gasteiger partial charge >= 0.3 is 0 Å². The fraction of sp³-hybridized carbons (Fsp3) is 0.125. The van der Waals surface area contributed by atoms with Crippen molar-refractivity contribution in [1.29, 1.82) is 0 Å². The number of rotatable bonds is 0. The Morgan fingerprint density at radius 3 is 3.36 bits per heavy atom. The van der Waals surface area contributed by atoms with Crippen LogP contribution in [-0.4, -0.2) is 16.2 Å². The molecular weight excluding hydrogens is 138 g/mol. The molecule has 0 bridgehead atoms. The molecule has 1 aliphatic rings. The molecule has 3 nitrogen and oxygen atoms in total. The maximum Gasteiger partial charge on any atom is 0.158 e. The van der Waals surface area contributed by atoms with Gasteiger partial charge in [-0.15, -0.1) is 0 Å². The van der Waals surface area contributed by atoms with Crippen LogP contribution in [0.25, 0.3) is 0 Å². The van der Waals surface area contributed by atoms with Crippen LogP contribution in [0.4, 0.5) is 5.82 Å². The maximum atomic E-state index is 4.12. The van der Waals surface area contributed by atoms with E-state index in [-0.39, 0.29) is 0 Å². The Hall–Kier alpha value is -1.51. The SMILES string of the molecule is C1=CCc2cncnc2N=C1. The van der Waals surface area contributed by atoms with Gasteiger partial charge in [0.05, 0.1) is 0 Å². The molecule has 1 aromatic rings. The maximum absolute atomic E-state index is 4.12. The van der Waals surface area contributed by atoms with Crippen molar-refractivity contribution in [2.24, 2.45) is 4.99 Å². The highest BCUT2D eigenvalue weighted by atomic mass is 14.9. The van der Waals surface area contributed by atoms with Gasteiger partial charge in [-0.2, -0.15) is 0 Å². The van der Waals surface area contributed by atoms with Gasteiger partial charge in [-0.25, -0.2) is 15.0 Å². The minimum Gasteiger partial charge on any atom is -0.244 e. The highest BCUT2D eigenvalue weighted by Gasteiger charge is 2.00. The van der Waals surface area contributed by atoms with Crippen LogP contribution in [0.2, 0.25) is 0 Å². The number of hydrogen-bond donors (Lipinski definition) is 0. The normalized spacial score (nSPS) is 14.2. The van der Waals surface area contributed by atoms with E-state index in [4.69, 9.17) is 0 Å². The van der Waals surface area contributed by atoms with Crippen LogP contribution < -0.4 is 0 Å². The van der Waals surface area contributed by atoms with E-state index in [0.717, 1.165) is 17.8 Å². The van der Waals surface area contributed by atoms with E-state index in [1.165, 1.54) is 6.33 Å². The van der Waals surface area contributed by atoms with E-state index in [9.17, 15) is 0 Å². The summed E-state index contributed by atoms with van der Waals surface area (Å²) >= 11 is 0. The highest BCUT2D eigenvalue weighted by molar-refractivity contribution is 5.75. The summed E-state index contributed by atoms with van der Waals surface area (Å²) in [6.07, 6.45) is 9.90. The van der Waals surface area contributed by atoms with Gasteiger partial charge in [0, 0.05) is 18.0 Å². The first-order valence-corrected chi connectivity index (χ1v) is 3.45. The molecule has 2 heterocycles. The van der Waals surface area contributed by atoms with Crippen LogP contribution >= 0.6 is 0 Å². The molecule has 0 aliphatic carbocycles. The lowest BCUT2D eigenvalue weighted by molar-refractivity contribution is 1.09. The Morgan fingerprint density at radius 1 is 1.36 bits per heavy atom. The number of aromatic nitrogens is 2. The molecule has 11 heavy (non-hydrogen) atoms. The molecule has 0 fully saturated rings. The Kier molecular flexibility index (Phi) is 1.48. The molecule has 2 rings (SSSR count). The highest BCUT2D eigenvalue weighted by Crippen LogP contribution is 2.15. The molecule has 0 radical (unpaired) electrons. The average Bonchev–Trinajstić information content (AvgIpc) is 2.28. The van der Waals surface area contributed by atoms with E-state index < -0.39 is 0 Å². The minimum atomic E-state index is 0.782. The fourth-order valence-corrected chi connectivity index (χ4v) is 0.982. The van der Waals surface area contributed by atoms with Crippen LogP contribution in [0.1, 0.15) is 5.56 Å². The first kappa shape index (κ1) is 6.22. The van der Waals surface area contributed by atoms with Gasteiger partial charge in [-0.05, 0) is 12.5 Å². The second-order valence-electron chi connectivity index (χ2n) is 2.28. The van der Waals surface area contributed by atoms with Crippen molar-refractivity contribution in [2.75, 3.05) is 0 Å². The zero-order chi connectivity index (χ0) is 7.52. The topological polar surface area (TPSA) is 38.1 Å². The standard InChI is InChI=1S/C8H7N3/c1-2-4-10-8-7(3-1)5-9-6-11-8/h1-2,4-6H,3H2. The number of nitrogens with zero attached hydrogens (tertiary/aromatic N) is 3. The molecule has 0 N–H and O–H groups in total. The summed E-state index contributed by atoms with van der Waals surface area (Å²) in [5.41, 5.74) is 1.08. The third-order valence-corrected chi connectivity index (χ3v) is 1.52. The second-order valence-corrected chi connectivity index (χ2v) is 2.28. The Labute approximate surface area is 64.5 Å². The second kappa shape index (κ2) is 2.62. The molecule has 0 saturated heterocycles. The Bertz CT molecular complexity index is 315. The molecule has 0 atom stereocenters. The van der Waals surface area contributed by atoms with E-state index in [1.807, 2.05) is 12.2 Å². The summed E-state index contributed by atoms with van der Waals surface area (Å²) < 4.78 is 0. The molecule has 3 heteroatoms. The first-order chi connectivity index (χ1) is 5.47. The Balaban J connectivity index is 2.52. The summed E-state index contributed by atoms with van der Waals surface area (Å²) in [6.45, 7) is 0. The lowest BCUT2D eigenvalue weighted by Gasteiger charge is -1.96. The quantitative estimate of drug-likeness (QED) is 0.551. The van der Waals surface area contributed by atoms with Crippen molar-refractivity contribution in [1.82, 2.24) is 9.97 Å². The zero-order valence-corrected chi connectivity index (χ0v) is 5.94. The van der Waals surface area contributed by atoms with Crippen LogP contribution in [0.5, 0.6) is 0 Å². The molecule has 0 unspecified atom stereocenters. The van der Waals surface area contributed by atoms with Gasteiger partial charge in [-0.3, -0.25) is 0 Å². The van der Waals surface area contributed by atoms with Crippen molar-refractivity contribution in [3.8, 4) is 0 Å². The summed E-state index contributed by atoms with van der Waals surface area (Å²) in [5, 5.41) is 0. The summed E-state index contributed by atoms with van der Waals surface area (Å²) in [5.74, 6) is 0.782. The van der Waals surface area contributed by atoms with Crippen LogP contribution in [0.3, 0.4) is 0 Å². The Morgan fingerprint density at radius 2 is 2.36 bits per heavy atom. The van der Waals surface area contributed by atoms with Gasteiger partial charge in [0.25, 0.3) is 0 Å². The molecule has 1 aromatic heterocycles. The predicted molar refractivity (Wildman–Crippen MR) is 43.0 cm³/mol. The molecule has 0 saturated carbocycles. The van der Waals surface area contributed by atoms with Crippen LogP contribution in [-0.2, 0) is 6.42 Å². The van der Waals surface area contributed by atoms with Gasteiger partial charge in [0.2, 0.25) is 0 Å². The van der Waals surface area contributed by atoms with E-state index in [1.54, 1.807) is 12.4 Å². The van der Waals surface area contributed by atoms with E-state index >= 15 is 0 Å². The average molecular weight is 145 g/mol. The van der Waals surface area contributed by atoms with E-state index in [0.29, 0.717) is 0 Å².